The Morgan fingerprint density at radius 1 is 1.19 bits per heavy atom. The Morgan fingerprint density at radius 2 is 2.07 bits per heavy atom. The first-order valence-corrected chi connectivity index (χ1v) is 9.15. The maximum atomic E-state index is 12.4. The molecule has 27 heavy (non-hydrogen) atoms. The average Bonchev–Trinajstić information content (AvgIpc) is 3.30. The number of fused-ring (bicyclic) bond motifs is 1. The predicted octanol–water partition coefficient (Wildman–Crippen LogP) is 3.23. The summed E-state index contributed by atoms with van der Waals surface area (Å²) in [5.41, 5.74) is 4.02. The van der Waals surface area contributed by atoms with Crippen LogP contribution in [0.3, 0.4) is 0 Å². The highest BCUT2D eigenvalue weighted by Crippen LogP contribution is 2.16. The van der Waals surface area contributed by atoms with E-state index in [0.717, 1.165) is 34.1 Å². The second kappa shape index (κ2) is 7.55. The number of carbonyl (C=O) groups excluding carboxylic acids is 1. The van der Waals surface area contributed by atoms with Crippen molar-refractivity contribution < 1.29 is 9.53 Å². The number of ether oxygens (including phenoxy) is 1. The number of rotatable bonds is 6. The van der Waals surface area contributed by atoms with E-state index in [1.807, 2.05) is 37.3 Å². The van der Waals surface area contributed by atoms with Crippen molar-refractivity contribution in [1.82, 2.24) is 24.0 Å². The average molecular weight is 379 g/mol. The molecule has 0 atom stereocenters. The first kappa shape index (κ1) is 17.2. The van der Waals surface area contributed by atoms with Gasteiger partial charge in [0.05, 0.1) is 35.0 Å². The second-order valence-electron chi connectivity index (χ2n) is 6.00. The van der Waals surface area contributed by atoms with Gasteiger partial charge >= 0.3 is 0 Å². The van der Waals surface area contributed by atoms with E-state index < -0.39 is 0 Å². The van der Waals surface area contributed by atoms with Crippen molar-refractivity contribution in [2.45, 2.75) is 20.1 Å². The zero-order valence-electron chi connectivity index (χ0n) is 14.6. The normalized spacial score (nSPS) is 10.9. The molecule has 7 nitrogen and oxygen atoms in total. The van der Waals surface area contributed by atoms with E-state index in [1.165, 1.54) is 0 Å². The Bertz CT molecular complexity index is 1060. The number of benzene rings is 2. The first-order valence-electron chi connectivity index (χ1n) is 8.42. The van der Waals surface area contributed by atoms with Gasteiger partial charge in [-0.25, -0.2) is 4.98 Å². The van der Waals surface area contributed by atoms with Gasteiger partial charge in [-0.3, -0.25) is 4.79 Å². The van der Waals surface area contributed by atoms with Crippen LogP contribution in [0.25, 0.3) is 11.0 Å². The van der Waals surface area contributed by atoms with E-state index in [1.54, 1.807) is 18.2 Å². The van der Waals surface area contributed by atoms with Gasteiger partial charge in [-0.05, 0) is 37.3 Å². The summed E-state index contributed by atoms with van der Waals surface area (Å²) in [6, 6.07) is 14.8. The molecule has 8 heteroatoms. The van der Waals surface area contributed by atoms with Crippen LogP contribution in [0.5, 0.6) is 5.75 Å². The van der Waals surface area contributed by atoms with Crippen molar-refractivity contribution in [1.29, 1.82) is 0 Å². The SMILES string of the molecule is Cc1nsnc1COc1cccc(C(=O)NCc2nc3ccccc3[nH]2)c1. The maximum absolute atomic E-state index is 12.4. The van der Waals surface area contributed by atoms with Gasteiger partial charge in [-0.2, -0.15) is 8.75 Å². The molecule has 0 bridgehead atoms. The highest BCUT2D eigenvalue weighted by Gasteiger charge is 2.10. The van der Waals surface area contributed by atoms with Crippen LogP contribution in [0.15, 0.2) is 48.5 Å². The summed E-state index contributed by atoms with van der Waals surface area (Å²) in [6.45, 7) is 2.54. The molecule has 0 aliphatic carbocycles. The Hall–Kier alpha value is -3.26. The Morgan fingerprint density at radius 3 is 2.89 bits per heavy atom. The van der Waals surface area contributed by atoms with Crippen molar-refractivity contribution in [2.24, 2.45) is 0 Å². The molecule has 0 saturated carbocycles. The first-order chi connectivity index (χ1) is 13.2. The lowest BCUT2D eigenvalue weighted by Gasteiger charge is -2.07. The molecule has 0 fully saturated rings. The monoisotopic (exact) mass is 379 g/mol. The summed E-state index contributed by atoms with van der Waals surface area (Å²) in [6.07, 6.45) is 0. The highest BCUT2D eigenvalue weighted by molar-refractivity contribution is 6.99. The molecule has 4 aromatic rings. The Balaban J connectivity index is 1.38. The lowest BCUT2D eigenvalue weighted by Crippen LogP contribution is -2.23. The van der Waals surface area contributed by atoms with Crippen molar-refractivity contribution in [3.05, 3.63) is 71.3 Å². The number of H-pyrrole nitrogens is 1. The van der Waals surface area contributed by atoms with Gasteiger partial charge in [0.15, 0.2) is 0 Å². The van der Waals surface area contributed by atoms with Gasteiger partial charge in [0, 0.05) is 5.56 Å². The number of carbonyl (C=O) groups is 1. The largest absolute Gasteiger partial charge is 0.487 e. The molecule has 0 unspecified atom stereocenters. The van der Waals surface area contributed by atoms with E-state index in [0.29, 0.717) is 30.3 Å². The van der Waals surface area contributed by atoms with Gasteiger partial charge in [-0.15, -0.1) is 0 Å². The summed E-state index contributed by atoms with van der Waals surface area (Å²) in [7, 11) is 0. The van der Waals surface area contributed by atoms with Gasteiger partial charge in [0.2, 0.25) is 0 Å². The zero-order chi connectivity index (χ0) is 18.6. The smallest absolute Gasteiger partial charge is 0.251 e. The third kappa shape index (κ3) is 3.95. The van der Waals surface area contributed by atoms with Crippen LogP contribution in [0.2, 0.25) is 0 Å². The summed E-state index contributed by atoms with van der Waals surface area (Å²) in [4.78, 5) is 20.1. The van der Waals surface area contributed by atoms with Gasteiger partial charge in [0.25, 0.3) is 5.91 Å². The zero-order valence-corrected chi connectivity index (χ0v) is 15.4. The van der Waals surface area contributed by atoms with Gasteiger partial charge < -0.3 is 15.0 Å². The third-order valence-corrected chi connectivity index (χ3v) is 4.73. The van der Waals surface area contributed by atoms with Crippen LogP contribution in [0.1, 0.15) is 27.6 Å². The quantitative estimate of drug-likeness (QED) is 0.536. The number of nitrogens with zero attached hydrogens (tertiary/aromatic N) is 3. The molecule has 0 saturated heterocycles. The molecular weight excluding hydrogens is 362 g/mol. The fourth-order valence-electron chi connectivity index (χ4n) is 2.61. The Labute approximate surface area is 159 Å². The van der Waals surface area contributed by atoms with Crippen LogP contribution in [0.4, 0.5) is 0 Å². The summed E-state index contributed by atoms with van der Waals surface area (Å²) < 4.78 is 14.0. The minimum Gasteiger partial charge on any atom is -0.487 e. The molecular formula is C19H17N5O2S. The fourth-order valence-corrected chi connectivity index (χ4v) is 3.17. The van der Waals surface area contributed by atoms with Crippen molar-refractivity contribution in [3.63, 3.8) is 0 Å². The molecule has 0 spiro atoms. The molecule has 136 valence electrons. The lowest BCUT2D eigenvalue weighted by atomic mass is 10.2. The number of hydrogen-bond donors (Lipinski definition) is 2. The fraction of sp³-hybridized carbons (Fsp3) is 0.158. The molecule has 4 rings (SSSR count). The van der Waals surface area contributed by atoms with Crippen molar-refractivity contribution in [2.75, 3.05) is 0 Å². The minimum absolute atomic E-state index is 0.188. The standard InChI is InChI=1S/C19H17N5O2S/c1-12-17(24-27-23-12)11-26-14-6-4-5-13(9-14)19(25)20-10-18-21-15-7-2-3-8-16(15)22-18/h2-9H,10-11H2,1H3,(H,20,25)(H,21,22). The number of nitrogens with one attached hydrogen (secondary N) is 2. The molecule has 0 aliphatic heterocycles. The van der Waals surface area contributed by atoms with Crippen LogP contribution < -0.4 is 10.1 Å². The van der Waals surface area contributed by atoms with Crippen LogP contribution in [-0.2, 0) is 13.2 Å². The Kier molecular flexibility index (Phi) is 4.80. The topological polar surface area (TPSA) is 92.8 Å². The van der Waals surface area contributed by atoms with E-state index in [4.69, 9.17) is 4.74 Å². The predicted molar refractivity (Wildman–Crippen MR) is 103 cm³/mol. The van der Waals surface area contributed by atoms with E-state index >= 15 is 0 Å². The number of amides is 1. The molecule has 2 heterocycles. The number of aromatic nitrogens is 4. The molecule has 1 amide bonds. The van der Waals surface area contributed by atoms with E-state index in [-0.39, 0.29) is 5.91 Å². The maximum Gasteiger partial charge on any atom is 0.251 e. The number of aryl methyl sites for hydroxylation is 1. The van der Waals surface area contributed by atoms with Crippen LogP contribution in [-0.4, -0.2) is 24.6 Å². The second-order valence-corrected chi connectivity index (χ2v) is 6.52. The lowest BCUT2D eigenvalue weighted by molar-refractivity contribution is 0.0949. The molecule has 2 N–H and O–H groups in total. The van der Waals surface area contributed by atoms with E-state index in [9.17, 15) is 4.79 Å². The number of aromatic amines is 1. The minimum atomic E-state index is -0.188. The molecule has 0 radical (unpaired) electrons. The molecule has 2 aromatic heterocycles. The molecule has 0 aliphatic rings. The number of imidazole rings is 1. The van der Waals surface area contributed by atoms with Crippen LogP contribution in [0, 0.1) is 6.92 Å². The van der Waals surface area contributed by atoms with Crippen molar-refractivity contribution in [3.8, 4) is 5.75 Å². The highest BCUT2D eigenvalue weighted by atomic mass is 32.1. The summed E-state index contributed by atoms with van der Waals surface area (Å²) >= 11 is 1.16. The van der Waals surface area contributed by atoms with E-state index in [2.05, 4.69) is 24.0 Å². The van der Waals surface area contributed by atoms with Gasteiger partial charge in [0.1, 0.15) is 23.9 Å². The van der Waals surface area contributed by atoms with Gasteiger partial charge in [-0.1, -0.05) is 18.2 Å². The van der Waals surface area contributed by atoms with Crippen LogP contribution >= 0.6 is 11.7 Å². The third-order valence-electron chi connectivity index (χ3n) is 4.07. The molecule has 2 aromatic carbocycles. The summed E-state index contributed by atoms with van der Waals surface area (Å²) in [5.74, 6) is 1.13. The number of para-hydroxylation sites is 2. The van der Waals surface area contributed by atoms with Crippen molar-refractivity contribution >= 4 is 28.7 Å². The number of hydrogen-bond acceptors (Lipinski definition) is 6. The summed E-state index contributed by atoms with van der Waals surface area (Å²) in [5, 5.41) is 2.87.